The average molecular weight is 526 g/mol. The van der Waals surface area contributed by atoms with Gasteiger partial charge in [0.1, 0.15) is 6.04 Å². The van der Waals surface area contributed by atoms with E-state index in [1.54, 1.807) is 4.90 Å². The summed E-state index contributed by atoms with van der Waals surface area (Å²) in [6, 6.07) is 14.3. The molecule has 6 aliphatic rings. The standard InChI is InChI=1S/C33H39N3O3/c37-30-11-10-29(31(38)35-30)36-19-28-26(2-1-3-27(28)32(36)39)9-8-21-4-6-22(7-5-21)18-34-20-33-15-23-12-24(16-33)14-25(13-23)17-33/h1-7,23-25,29,34H,8-20H2,(H,35,37,38). The number of nitrogens with zero attached hydrogens (tertiary/aromatic N) is 1. The number of hydrogen-bond acceptors (Lipinski definition) is 4. The first kappa shape index (κ1) is 25.0. The third-order valence-corrected chi connectivity index (χ3v) is 10.4. The first-order chi connectivity index (χ1) is 18.9. The number of fused-ring (bicyclic) bond motifs is 1. The van der Waals surface area contributed by atoms with Gasteiger partial charge in [-0.25, -0.2) is 0 Å². The van der Waals surface area contributed by atoms with Crippen LogP contribution in [0.5, 0.6) is 0 Å². The summed E-state index contributed by atoms with van der Waals surface area (Å²) < 4.78 is 0. The number of piperidine rings is 1. The first-order valence-corrected chi connectivity index (χ1v) is 15.0. The Morgan fingerprint density at radius 1 is 0.872 bits per heavy atom. The van der Waals surface area contributed by atoms with E-state index >= 15 is 0 Å². The molecule has 0 radical (unpaired) electrons. The lowest BCUT2D eigenvalue weighted by Gasteiger charge is -2.57. The van der Waals surface area contributed by atoms with Gasteiger partial charge in [0.15, 0.2) is 0 Å². The van der Waals surface area contributed by atoms with E-state index in [0.29, 0.717) is 23.9 Å². The maximum Gasteiger partial charge on any atom is 0.255 e. The zero-order valence-electron chi connectivity index (χ0n) is 22.7. The number of aryl methyl sites for hydroxylation is 2. The van der Waals surface area contributed by atoms with Gasteiger partial charge in [-0.1, -0.05) is 36.4 Å². The molecule has 3 amide bonds. The Kier molecular flexibility index (Phi) is 6.34. The van der Waals surface area contributed by atoms with Crippen LogP contribution >= 0.6 is 0 Å². The fraction of sp³-hybridized carbons (Fsp3) is 0.545. The summed E-state index contributed by atoms with van der Waals surface area (Å²) in [5.41, 5.74) is 6.09. The summed E-state index contributed by atoms with van der Waals surface area (Å²) >= 11 is 0. The fourth-order valence-corrected chi connectivity index (χ4v) is 8.97. The van der Waals surface area contributed by atoms with Crippen LogP contribution in [0.1, 0.15) is 84.0 Å². The van der Waals surface area contributed by atoms with Crippen molar-refractivity contribution >= 4 is 17.7 Å². The molecule has 8 rings (SSSR count). The van der Waals surface area contributed by atoms with Crippen LogP contribution in [0, 0.1) is 23.2 Å². The van der Waals surface area contributed by atoms with E-state index in [9.17, 15) is 14.4 Å². The van der Waals surface area contributed by atoms with Crippen molar-refractivity contribution in [1.29, 1.82) is 0 Å². The maximum absolute atomic E-state index is 13.1. The predicted octanol–water partition coefficient (Wildman–Crippen LogP) is 4.54. The van der Waals surface area contributed by atoms with Gasteiger partial charge in [-0.05, 0) is 109 Å². The van der Waals surface area contributed by atoms with Crippen molar-refractivity contribution < 1.29 is 14.4 Å². The molecule has 0 aromatic heterocycles. The molecule has 2 N–H and O–H groups in total. The Labute approximate surface area is 230 Å². The summed E-state index contributed by atoms with van der Waals surface area (Å²) in [6.07, 6.45) is 11.3. The summed E-state index contributed by atoms with van der Waals surface area (Å²) in [7, 11) is 0. The molecule has 1 unspecified atom stereocenters. The van der Waals surface area contributed by atoms with Crippen LogP contribution in [0.3, 0.4) is 0 Å². The van der Waals surface area contributed by atoms with Gasteiger partial charge in [-0.15, -0.1) is 0 Å². The number of hydrogen-bond donors (Lipinski definition) is 2. The smallest absolute Gasteiger partial charge is 0.255 e. The Bertz CT molecular complexity index is 1260. The second-order valence-electron chi connectivity index (χ2n) is 13.2. The van der Waals surface area contributed by atoms with Crippen molar-refractivity contribution in [3.05, 3.63) is 70.3 Å². The Hall–Kier alpha value is -2.99. The molecule has 6 heteroatoms. The summed E-state index contributed by atoms with van der Waals surface area (Å²) in [4.78, 5) is 38.7. The monoisotopic (exact) mass is 525 g/mol. The number of carbonyl (C=O) groups excluding carboxylic acids is 3. The highest BCUT2D eigenvalue weighted by Gasteiger charge is 2.50. The lowest BCUT2D eigenvalue weighted by atomic mass is 9.49. The molecule has 6 nitrogen and oxygen atoms in total. The number of amides is 3. The topological polar surface area (TPSA) is 78.5 Å². The van der Waals surface area contributed by atoms with Gasteiger partial charge in [0.2, 0.25) is 11.8 Å². The van der Waals surface area contributed by atoms with Crippen molar-refractivity contribution in [3.8, 4) is 0 Å². The third kappa shape index (κ3) is 4.82. The largest absolute Gasteiger partial charge is 0.322 e. The Balaban J connectivity index is 0.939. The molecule has 2 heterocycles. The van der Waals surface area contributed by atoms with Crippen LogP contribution in [0.2, 0.25) is 0 Å². The fourth-order valence-electron chi connectivity index (χ4n) is 8.97. The molecular weight excluding hydrogens is 486 g/mol. The maximum atomic E-state index is 13.1. The Morgan fingerprint density at radius 2 is 1.56 bits per heavy atom. The number of benzene rings is 2. The van der Waals surface area contributed by atoms with Gasteiger partial charge in [0, 0.05) is 31.6 Å². The lowest BCUT2D eigenvalue weighted by Crippen LogP contribution is -2.52. The molecular formula is C33H39N3O3. The molecule has 2 aromatic carbocycles. The van der Waals surface area contributed by atoms with E-state index < -0.39 is 6.04 Å². The normalized spacial score (nSPS) is 31.1. The van der Waals surface area contributed by atoms with E-state index in [1.165, 1.54) is 56.2 Å². The van der Waals surface area contributed by atoms with Crippen molar-refractivity contribution in [2.45, 2.75) is 83.3 Å². The van der Waals surface area contributed by atoms with Crippen LogP contribution in [0.15, 0.2) is 42.5 Å². The van der Waals surface area contributed by atoms with Crippen molar-refractivity contribution in [2.75, 3.05) is 6.54 Å². The number of imide groups is 1. The van der Waals surface area contributed by atoms with Crippen LogP contribution in [-0.4, -0.2) is 35.2 Å². The van der Waals surface area contributed by atoms with Crippen molar-refractivity contribution in [1.82, 2.24) is 15.5 Å². The van der Waals surface area contributed by atoms with Crippen LogP contribution in [0.25, 0.3) is 0 Å². The number of carbonyl (C=O) groups is 3. The molecule has 39 heavy (non-hydrogen) atoms. The minimum atomic E-state index is -0.570. The highest BCUT2D eigenvalue weighted by atomic mass is 16.2. The molecule has 4 saturated carbocycles. The van der Waals surface area contributed by atoms with E-state index in [2.05, 4.69) is 41.0 Å². The molecule has 1 atom stereocenters. The minimum Gasteiger partial charge on any atom is -0.322 e. The van der Waals surface area contributed by atoms with Crippen LogP contribution < -0.4 is 10.6 Å². The van der Waals surface area contributed by atoms with Gasteiger partial charge in [0.25, 0.3) is 5.91 Å². The van der Waals surface area contributed by atoms with E-state index in [4.69, 9.17) is 0 Å². The van der Waals surface area contributed by atoms with Gasteiger partial charge in [-0.2, -0.15) is 0 Å². The zero-order chi connectivity index (χ0) is 26.6. The summed E-state index contributed by atoms with van der Waals surface area (Å²) in [5, 5.41) is 6.21. The molecule has 204 valence electrons. The van der Waals surface area contributed by atoms with E-state index in [1.807, 2.05) is 12.1 Å². The highest BCUT2D eigenvalue weighted by Crippen LogP contribution is 2.59. The van der Waals surface area contributed by atoms with Gasteiger partial charge < -0.3 is 10.2 Å². The molecule has 1 saturated heterocycles. The number of rotatable bonds is 8. The van der Waals surface area contributed by atoms with Crippen molar-refractivity contribution in [2.24, 2.45) is 23.2 Å². The quantitative estimate of drug-likeness (QED) is 0.496. The highest BCUT2D eigenvalue weighted by molar-refractivity contribution is 6.05. The van der Waals surface area contributed by atoms with Gasteiger partial charge >= 0.3 is 0 Å². The molecule has 2 aromatic rings. The van der Waals surface area contributed by atoms with E-state index in [0.717, 1.165) is 48.3 Å². The number of nitrogens with one attached hydrogen (secondary N) is 2. The predicted molar refractivity (Wildman–Crippen MR) is 149 cm³/mol. The summed E-state index contributed by atoms with van der Waals surface area (Å²) in [6.45, 7) is 2.55. The SMILES string of the molecule is O=C1CCC(N2Cc3c(CCc4ccc(CNCC56CC7CC(CC(C7)C5)C6)cc4)cccc3C2=O)C(=O)N1. The zero-order valence-corrected chi connectivity index (χ0v) is 22.7. The molecule has 5 fully saturated rings. The molecule has 2 aliphatic heterocycles. The van der Waals surface area contributed by atoms with Crippen molar-refractivity contribution in [3.63, 3.8) is 0 Å². The third-order valence-electron chi connectivity index (χ3n) is 10.4. The average Bonchev–Trinajstić information content (AvgIpc) is 3.24. The molecule has 4 bridgehead atoms. The second-order valence-corrected chi connectivity index (χ2v) is 13.2. The summed E-state index contributed by atoms with van der Waals surface area (Å²) in [5.74, 6) is 2.28. The minimum absolute atomic E-state index is 0.105. The van der Waals surface area contributed by atoms with Gasteiger partial charge in [-0.3, -0.25) is 19.7 Å². The second kappa shape index (κ2) is 9.88. The Morgan fingerprint density at radius 3 is 2.26 bits per heavy atom. The first-order valence-electron chi connectivity index (χ1n) is 15.0. The lowest BCUT2D eigenvalue weighted by molar-refractivity contribution is -0.136. The van der Waals surface area contributed by atoms with Crippen LogP contribution in [0.4, 0.5) is 0 Å². The molecule has 4 aliphatic carbocycles. The molecule has 0 spiro atoms. The van der Waals surface area contributed by atoms with Crippen LogP contribution in [-0.2, 0) is 35.5 Å². The van der Waals surface area contributed by atoms with E-state index in [-0.39, 0.29) is 24.1 Å². The van der Waals surface area contributed by atoms with Gasteiger partial charge in [0.05, 0.1) is 0 Å².